The first-order valence-corrected chi connectivity index (χ1v) is 7.53. The molecule has 0 aliphatic carbocycles. The maximum absolute atomic E-state index is 13.0. The molecule has 2 aromatic carbocycles. The highest BCUT2D eigenvalue weighted by Crippen LogP contribution is 2.40. The van der Waals surface area contributed by atoms with Crippen molar-refractivity contribution in [3.05, 3.63) is 53.7 Å². The average Bonchev–Trinajstić information content (AvgIpc) is 3.04. The third kappa shape index (κ3) is 2.67. The number of methoxy groups -OCH3 is 2. The molecule has 0 unspecified atom stereocenters. The summed E-state index contributed by atoms with van der Waals surface area (Å²) in [6.45, 7) is 0. The third-order valence-corrected chi connectivity index (χ3v) is 4.15. The van der Waals surface area contributed by atoms with Gasteiger partial charge in [-0.2, -0.15) is 0 Å². The van der Waals surface area contributed by atoms with Gasteiger partial charge in [0.1, 0.15) is 10.8 Å². The molecule has 22 heavy (non-hydrogen) atoms. The predicted octanol–water partition coefficient (Wildman–Crippen LogP) is 4.63. The van der Waals surface area contributed by atoms with Gasteiger partial charge in [-0.05, 0) is 36.4 Å². The molecule has 0 aliphatic heterocycles. The van der Waals surface area contributed by atoms with Crippen molar-refractivity contribution in [3.63, 3.8) is 0 Å². The first-order valence-electron chi connectivity index (χ1n) is 6.65. The van der Waals surface area contributed by atoms with E-state index in [-0.39, 0.29) is 5.82 Å². The number of nitrogens with zero attached hydrogens (tertiary/aromatic N) is 1. The molecule has 0 atom stereocenters. The van der Waals surface area contributed by atoms with Crippen LogP contribution < -0.4 is 9.47 Å². The van der Waals surface area contributed by atoms with E-state index < -0.39 is 0 Å². The van der Waals surface area contributed by atoms with Crippen LogP contribution in [0.15, 0.2) is 47.8 Å². The molecule has 0 amide bonds. The van der Waals surface area contributed by atoms with Crippen molar-refractivity contribution in [1.82, 2.24) is 4.98 Å². The largest absolute Gasteiger partial charge is 0.493 e. The zero-order valence-electron chi connectivity index (χ0n) is 12.2. The van der Waals surface area contributed by atoms with E-state index in [4.69, 9.17) is 9.47 Å². The molecule has 0 aliphatic rings. The zero-order chi connectivity index (χ0) is 15.5. The number of rotatable bonds is 4. The fourth-order valence-electron chi connectivity index (χ4n) is 2.21. The maximum Gasteiger partial charge on any atom is 0.170 e. The van der Waals surface area contributed by atoms with E-state index in [2.05, 4.69) is 4.98 Å². The highest BCUT2D eigenvalue weighted by atomic mass is 32.1. The van der Waals surface area contributed by atoms with Gasteiger partial charge < -0.3 is 9.47 Å². The normalized spacial score (nSPS) is 10.5. The summed E-state index contributed by atoms with van der Waals surface area (Å²) in [5.74, 6) is 1.07. The Morgan fingerprint density at radius 3 is 2.45 bits per heavy atom. The fraction of sp³-hybridized carbons (Fsp3) is 0.118. The number of para-hydroxylation sites is 1. The molecule has 0 saturated carbocycles. The lowest BCUT2D eigenvalue weighted by atomic mass is 10.1. The third-order valence-electron chi connectivity index (χ3n) is 3.28. The van der Waals surface area contributed by atoms with E-state index in [0.717, 1.165) is 21.8 Å². The minimum Gasteiger partial charge on any atom is -0.493 e. The van der Waals surface area contributed by atoms with Gasteiger partial charge in [-0.3, -0.25) is 0 Å². The summed E-state index contributed by atoms with van der Waals surface area (Å²) < 4.78 is 23.8. The Labute approximate surface area is 132 Å². The summed E-state index contributed by atoms with van der Waals surface area (Å²) in [7, 11) is 3.21. The molecule has 0 fully saturated rings. The highest BCUT2D eigenvalue weighted by molar-refractivity contribution is 7.13. The van der Waals surface area contributed by atoms with E-state index in [0.29, 0.717) is 11.5 Å². The van der Waals surface area contributed by atoms with Crippen molar-refractivity contribution in [2.75, 3.05) is 14.2 Å². The van der Waals surface area contributed by atoms with E-state index in [1.807, 2.05) is 23.6 Å². The molecule has 3 nitrogen and oxygen atoms in total. The van der Waals surface area contributed by atoms with E-state index in [1.54, 1.807) is 26.4 Å². The van der Waals surface area contributed by atoms with Crippen LogP contribution in [0.3, 0.4) is 0 Å². The van der Waals surface area contributed by atoms with E-state index in [9.17, 15) is 4.39 Å². The summed E-state index contributed by atoms with van der Waals surface area (Å²) in [5, 5.41) is 2.77. The van der Waals surface area contributed by atoms with Gasteiger partial charge in [0, 0.05) is 10.9 Å². The van der Waals surface area contributed by atoms with Crippen LogP contribution in [-0.2, 0) is 0 Å². The number of thiazole rings is 1. The molecular formula is C17H14FNO2S. The number of halogens is 1. The molecular weight excluding hydrogens is 301 g/mol. The minimum atomic E-state index is -0.256. The van der Waals surface area contributed by atoms with Gasteiger partial charge in [-0.15, -0.1) is 11.3 Å². The van der Waals surface area contributed by atoms with Crippen molar-refractivity contribution in [3.8, 4) is 33.3 Å². The number of hydrogen-bond acceptors (Lipinski definition) is 4. The Morgan fingerprint density at radius 1 is 1.00 bits per heavy atom. The lowest BCUT2D eigenvalue weighted by molar-refractivity contribution is 0.356. The SMILES string of the molecule is COc1cccc(-c2nc(-c3ccc(F)cc3)cs2)c1OC. The Hall–Kier alpha value is -2.40. The number of hydrogen-bond donors (Lipinski definition) is 0. The van der Waals surface area contributed by atoms with E-state index in [1.165, 1.54) is 23.5 Å². The second kappa shape index (κ2) is 6.15. The summed E-state index contributed by atoms with van der Waals surface area (Å²) in [6, 6.07) is 12.0. The monoisotopic (exact) mass is 315 g/mol. The van der Waals surface area contributed by atoms with Crippen LogP contribution in [0.2, 0.25) is 0 Å². The standard InChI is InChI=1S/C17H14FNO2S/c1-20-15-5-3-4-13(16(15)21-2)17-19-14(10-22-17)11-6-8-12(18)9-7-11/h3-10H,1-2H3. The number of aromatic nitrogens is 1. The van der Waals surface area contributed by atoms with Crippen LogP contribution in [-0.4, -0.2) is 19.2 Å². The van der Waals surface area contributed by atoms with Crippen LogP contribution in [0.5, 0.6) is 11.5 Å². The van der Waals surface area contributed by atoms with Gasteiger partial charge >= 0.3 is 0 Å². The highest BCUT2D eigenvalue weighted by Gasteiger charge is 2.15. The van der Waals surface area contributed by atoms with Crippen LogP contribution in [0, 0.1) is 5.82 Å². The van der Waals surface area contributed by atoms with Gasteiger partial charge in [0.25, 0.3) is 0 Å². The molecule has 0 spiro atoms. The maximum atomic E-state index is 13.0. The van der Waals surface area contributed by atoms with Gasteiger partial charge in [0.05, 0.1) is 25.5 Å². The van der Waals surface area contributed by atoms with E-state index >= 15 is 0 Å². The van der Waals surface area contributed by atoms with Crippen molar-refractivity contribution in [2.24, 2.45) is 0 Å². The quantitative estimate of drug-likeness (QED) is 0.703. The van der Waals surface area contributed by atoms with Crippen molar-refractivity contribution < 1.29 is 13.9 Å². The zero-order valence-corrected chi connectivity index (χ0v) is 13.0. The Balaban J connectivity index is 2.02. The van der Waals surface area contributed by atoms with Crippen molar-refractivity contribution in [1.29, 1.82) is 0 Å². The topological polar surface area (TPSA) is 31.4 Å². The fourth-order valence-corrected chi connectivity index (χ4v) is 3.06. The molecule has 3 aromatic rings. The summed E-state index contributed by atoms with van der Waals surface area (Å²) in [6.07, 6.45) is 0. The summed E-state index contributed by atoms with van der Waals surface area (Å²) in [5.41, 5.74) is 2.57. The summed E-state index contributed by atoms with van der Waals surface area (Å²) >= 11 is 1.51. The lowest BCUT2D eigenvalue weighted by Gasteiger charge is -2.10. The first-order chi connectivity index (χ1) is 10.7. The molecule has 0 N–H and O–H groups in total. The molecule has 5 heteroatoms. The van der Waals surface area contributed by atoms with Crippen LogP contribution in [0.1, 0.15) is 0 Å². The van der Waals surface area contributed by atoms with Crippen LogP contribution in [0.25, 0.3) is 21.8 Å². The molecule has 3 rings (SSSR count). The van der Waals surface area contributed by atoms with Gasteiger partial charge in [-0.1, -0.05) is 6.07 Å². The minimum absolute atomic E-state index is 0.256. The second-order valence-electron chi connectivity index (χ2n) is 4.59. The predicted molar refractivity (Wildman–Crippen MR) is 86.0 cm³/mol. The Bertz CT molecular complexity index is 784. The van der Waals surface area contributed by atoms with Gasteiger partial charge in [-0.25, -0.2) is 9.37 Å². The first kappa shape index (κ1) is 14.5. The average molecular weight is 315 g/mol. The molecule has 1 aromatic heterocycles. The Morgan fingerprint density at radius 2 is 1.77 bits per heavy atom. The summed E-state index contributed by atoms with van der Waals surface area (Å²) in [4.78, 5) is 4.62. The van der Waals surface area contributed by atoms with Gasteiger partial charge in [0.15, 0.2) is 11.5 Å². The molecule has 0 saturated heterocycles. The van der Waals surface area contributed by atoms with Gasteiger partial charge in [0.2, 0.25) is 0 Å². The second-order valence-corrected chi connectivity index (χ2v) is 5.44. The number of benzene rings is 2. The van der Waals surface area contributed by atoms with Crippen molar-refractivity contribution >= 4 is 11.3 Å². The molecule has 112 valence electrons. The lowest BCUT2D eigenvalue weighted by Crippen LogP contribution is -1.92. The van der Waals surface area contributed by atoms with Crippen LogP contribution >= 0.6 is 11.3 Å². The number of ether oxygens (including phenoxy) is 2. The van der Waals surface area contributed by atoms with Crippen LogP contribution in [0.4, 0.5) is 4.39 Å². The van der Waals surface area contributed by atoms with Crippen molar-refractivity contribution in [2.45, 2.75) is 0 Å². The smallest absolute Gasteiger partial charge is 0.170 e. The Kier molecular flexibility index (Phi) is 4.06. The molecule has 0 radical (unpaired) electrons. The molecule has 1 heterocycles. The molecule has 0 bridgehead atoms.